The molecule has 1 amide bonds. The lowest BCUT2D eigenvalue weighted by atomic mass is 9.81. The van der Waals surface area contributed by atoms with E-state index in [2.05, 4.69) is 30.3 Å². The van der Waals surface area contributed by atoms with Gasteiger partial charge in [-0.15, -0.1) is 0 Å². The third-order valence-corrected chi connectivity index (χ3v) is 5.18. The van der Waals surface area contributed by atoms with Gasteiger partial charge in [-0.1, -0.05) is 41.9 Å². The van der Waals surface area contributed by atoms with Gasteiger partial charge in [0, 0.05) is 23.7 Å². The second-order valence-electron chi connectivity index (χ2n) is 6.34. The Morgan fingerprint density at radius 2 is 1.57 bits per heavy atom. The van der Waals surface area contributed by atoms with Crippen LogP contribution in [0, 0.1) is 0 Å². The summed E-state index contributed by atoms with van der Waals surface area (Å²) < 4.78 is 0. The molecule has 0 unspecified atom stereocenters. The largest absolute Gasteiger partial charge is 0.339 e. The minimum Gasteiger partial charge on any atom is -0.339 e. The van der Waals surface area contributed by atoms with Crippen molar-refractivity contribution >= 4 is 17.5 Å². The van der Waals surface area contributed by atoms with Gasteiger partial charge in [-0.3, -0.25) is 4.79 Å². The topological polar surface area (TPSA) is 20.3 Å². The van der Waals surface area contributed by atoms with E-state index in [1.165, 1.54) is 5.56 Å². The number of carbonyl (C=O) groups is 1. The second-order valence-corrected chi connectivity index (χ2v) is 6.78. The molecule has 2 aromatic carbocycles. The molecule has 0 spiro atoms. The summed E-state index contributed by atoms with van der Waals surface area (Å²) in [6, 6.07) is 18.2. The van der Waals surface area contributed by atoms with Gasteiger partial charge < -0.3 is 4.90 Å². The molecular formula is C20H22ClNO. The molecule has 0 heterocycles. The molecule has 2 aromatic rings. The highest BCUT2D eigenvalue weighted by atomic mass is 35.5. The Morgan fingerprint density at radius 1 is 0.957 bits per heavy atom. The SMILES string of the molecule is CN(C(=O)c1ccc(Cl)cc1)C1CCC(c2ccccc2)CC1. The molecule has 0 bridgehead atoms. The lowest BCUT2D eigenvalue weighted by Crippen LogP contribution is -2.39. The maximum absolute atomic E-state index is 12.6. The summed E-state index contributed by atoms with van der Waals surface area (Å²) in [5.41, 5.74) is 2.14. The van der Waals surface area contributed by atoms with Crippen molar-refractivity contribution in [2.75, 3.05) is 7.05 Å². The number of amides is 1. The third kappa shape index (κ3) is 3.76. The number of rotatable bonds is 3. The van der Waals surface area contributed by atoms with Crippen molar-refractivity contribution in [1.82, 2.24) is 4.90 Å². The number of hydrogen-bond donors (Lipinski definition) is 0. The predicted octanol–water partition coefficient (Wildman–Crippen LogP) is 5.14. The predicted molar refractivity (Wildman–Crippen MR) is 95.0 cm³/mol. The Morgan fingerprint density at radius 3 is 2.17 bits per heavy atom. The highest BCUT2D eigenvalue weighted by molar-refractivity contribution is 6.30. The second kappa shape index (κ2) is 7.18. The Bertz CT molecular complexity index is 645. The summed E-state index contributed by atoms with van der Waals surface area (Å²) in [5, 5.41) is 0.660. The molecule has 1 aliphatic rings. The molecule has 0 aromatic heterocycles. The van der Waals surface area contributed by atoms with Crippen LogP contribution in [0.15, 0.2) is 54.6 Å². The van der Waals surface area contributed by atoms with Gasteiger partial charge in [0.2, 0.25) is 0 Å². The van der Waals surface area contributed by atoms with Crippen LogP contribution in [0.3, 0.4) is 0 Å². The number of benzene rings is 2. The Kier molecular flexibility index (Phi) is 5.02. The fourth-order valence-corrected chi connectivity index (χ4v) is 3.61. The number of halogens is 1. The minimum absolute atomic E-state index is 0.0878. The summed E-state index contributed by atoms with van der Waals surface area (Å²) in [7, 11) is 1.92. The fourth-order valence-electron chi connectivity index (χ4n) is 3.48. The number of carbonyl (C=O) groups excluding carboxylic acids is 1. The maximum atomic E-state index is 12.6. The van der Waals surface area contributed by atoms with Gasteiger partial charge in [0.15, 0.2) is 0 Å². The normalized spacial score (nSPS) is 21.0. The summed E-state index contributed by atoms with van der Waals surface area (Å²) in [5.74, 6) is 0.719. The summed E-state index contributed by atoms with van der Waals surface area (Å²) in [4.78, 5) is 14.5. The molecule has 0 saturated heterocycles. The average Bonchev–Trinajstić information content (AvgIpc) is 2.62. The first kappa shape index (κ1) is 16.1. The Balaban J connectivity index is 1.60. The van der Waals surface area contributed by atoms with Crippen molar-refractivity contribution in [1.29, 1.82) is 0 Å². The van der Waals surface area contributed by atoms with E-state index in [1.807, 2.05) is 11.9 Å². The van der Waals surface area contributed by atoms with E-state index in [9.17, 15) is 4.79 Å². The first-order valence-corrected chi connectivity index (χ1v) is 8.60. The van der Waals surface area contributed by atoms with E-state index in [0.29, 0.717) is 22.5 Å². The van der Waals surface area contributed by atoms with E-state index in [-0.39, 0.29) is 5.91 Å². The molecule has 3 heteroatoms. The van der Waals surface area contributed by atoms with Crippen LogP contribution in [0.25, 0.3) is 0 Å². The van der Waals surface area contributed by atoms with Crippen LogP contribution in [0.2, 0.25) is 5.02 Å². The molecule has 23 heavy (non-hydrogen) atoms. The zero-order chi connectivity index (χ0) is 16.2. The van der Waals surface area contributed by atoms with Gasteiger partial charge in [0.25, 0.3) is 5.91 Å². The molecule has 2 nitrogen and oxygen atoms in total. The van der Waals surface area contributed by atoms with Gasteiger partial charge in [0.1, 0.15) is 0 Å². The van der Waals surface area contributed by atoms with E-state index in [0.717, 1.165) is 25.7 Å². The van der Waals surface area contributed by atoms with Gasteiger partial charge in [-0.25, -0.2) is 0 Å². The third-order valence-electron chi connectivity index (χ3n) is 4.93. The quantitative estimate of drug-likeness (QED) is 0.764. The van der Waals surface area contributed by atoms with Crippen molar-refractivity contribution < 1.29 is 4.79 Å². The monoisotopic (exact) mass is 327 g/mol. The molecule has 1 fully saturated rings. The zero-order valence-corrected chi connectivity index (χ0v) is 14.2. The fraction of sp³-hybridized carbons (Fsp3) is 0.350. The Hall–Kier alpha value is -1.80. The van der Waals surface area contributed by atoms with Crippen LogP contribution in [-0.4, -0.2) is 23.9 Å². The first-order valence-electron chi connectivity index (χ1n) is 8.23. The molecule has 0 atom stereocenters. The first-order chi connectivity index (χ1) is 11.1. The van der Waals surface area contributed by atoms with Gasteiger partial charge in [-0.2, -0.15) is 0 Å². The van der Waals surface area contributed by atoms with Crippen LogP contribution in [-0.2, 0) is 0 Å². The number of nitrogens with zero attached hydrogens (tertiary/aromatic N) is 1. The van der Waals surface area contributed by atoms with Crippen LogP contribution >= 0.6 is 11.6 Å². The summed E-state index contributed by atoms with van der Waals surface area (Å²) >= 11 is 5.89. The number of hydrogen-bond acceptors (Lipinski definition) is 1. The maximum Gasteiger partial charge on any atom is 0.253 e. The molecule has 120 valence electrons. The van der Waals surface area contributed by atoms with Crippen molar-refractivity contribution in [3.05, 3.63) is 70.7 Å². The van der Waals surface area contributed by atoms with Crippen molar-refractivity contribution in [2.45, 2.75) is 37.6 Å². The highest BCUT2D eigenvalue weighted by Crippen LogP contribution is 2.34. The lowest BCUT2D eigenvalue weighted by Gasteiger charge is -2.35. The zero-order valence-electron chi connectivity index (χ0n) is 13.4. The molecule has 1 saturated carbocycles. The molecule has 0 radical (unpaired) electrons. The van der Waals surface area contributed by atoms with E-state index in [4.69, 9.17) is 11.6 Å². The lowest BCUT2D eigenvalue weighted by molar-refractivity contribution is 0.0689. The molecule has 3 rings (SSSR count). The summed E-state index contributed by atoms with van der Waals surface area (Å²) in [6.45, 7) is 0. The van der Waals surface area contributed by atoms with Gasteiger partial charge in [-0.05, 0) is 61.4 Å². The highest BCUT2D eigenvalue weighted by Gasteiger charge is 2.27. The molecule has 0 aliphatic heterocycles. The van der Waals surface area contributed by atoms with Crippen LogP contribution in [0.4, 0.5) is 0 Å². The average molecular weight is 328 g/mol. The minimum atomic E-state index is 0.0878. The van der Waals surface area contributed by atoms with Crippen molar-refractivity contribution in [2.24, 2.45) is 0 Å². The molecule has 1 aliphatic carbocycles. The van der Waals surface area contributed by atoms with Gasteiger partial charge >= 0.3 is 0 Å². The van der Waals surface area contributed by atoms with Crippen LogP contribution in [0.5, 0.6) is 0 Å². The Labute approximate surface area is 143 Å². The molecule has 0 N–H and O–H groups in total. The van der Waals surface area contributed by atoms with E-state index >= 15 is 0 Å². The summed E-state index contributed by atoms with van der Waals surface area (Å²) in [6.07, 6.45) is 4.42. The van der Waals surface area contributed by atoms with E-state index in [1.54, 1.807) is 24.3 Å². The van der Waals surface area contributed by atoms with Crippen LogP contribution < -0.4 is 0 Å². The van der Waals surface area contributed by atoms with Crippen molar-refractivity contribution in [3.63, 3.8) is 0 Å². The smallest absolute Gasteiger partial charge is 0.253 e. The molecular weight excluding hydrogens is 306 g/mol. The standard InChI is InChI=1S/C20H22ClNO/c1-22(20(23)17-7-11-18(21)12-8-17)19-13-9-16(10-14-19)15-5-3-2-4-6-15/h2-8,11-12,16,19H,9-10,13-14H2,1H3. The van der Waals surface area contributed by atoms with Crippen molar-refractivity contribution in [3.8, 4) is 0 Å². The van der Waals surface area contributed by atoms with Crippen LogP contribution in [0.1, 0.15) is 47.5 Å². The van der Waals surface area contributed by atoms with Gasteiger partial charge in [0.05, 0.1) is 0 Å². The van der Waals surface area contributed by atoms with E-state index < -0.39 is 0 Å².